The predicted octanol–water partition coefficient (Wildman–Crippen LogP) is 6.21. The molecule has 3 aromatic carbocycles. The maximum atomic E-state index is 6.01. The number of aryl methyl sites for hydroxylation is 1. The Bertz CT molecular complexity index is 892. The lowest BCUT2D eigenvalue weighted by Gasteiger charge is -2.19. The van der Waals surface area contributed by atoms with Gasteiger partial charge in [0.15, 0.2) is 11.5 Å². The van der Waals surface area contributed by atoms with Crippen LogP contribution in [-0.4, -0.2) is 7.11 Å². The summed E-state index contributed by atoms with van der Waals surface area (Å²) in [4.78, 5) is 0. The second-order valence-corrected chi connectivity index (χ2v) is 7.40. The van der Waals surface area contributed by atoms with Gasteiger partial charge in [0.1, 0.15) is 6.61 Å². The van der Waals surface area contributed by atoms with Gasteiger partial charge in [0, 0.05) is 12.6 Å². The molecule has 0 bridgehead atoms. The first kappa shape index (κ1) is 20.9. The maximum absolute atomic E-state index is 6.01. The average molecular weight is 390 g/mol. The first-order valence-corrected chi connectivity index (χ1v) is 10.3. The lowest BCUT2D eigenvalue weighted by molar-refractivity contribution is 0.284. The first-order chi connectivity index (χ1) is 14.2. The number of benzene rings is 3. The van der Waals surface area contributed by atoms with E-state index in [0.29, 0.717) is 12.6 Å². The highest BCUT2D eigenvalue weighted by molar-refractivity contribution is 5.43. The standard InChI is InChI=1S/C26H31NO2/c1-4-9-24(23-12-6-5-7-13-23)27-18-21-14-15-25(26(17-21)28-3)29-19-22-11-8-10-20(2)16-22/h5-8,10-17,24,27H,4,9,18-19H2,1-3H3. The van der Waals surface area contributed by atoms with Crippen molar-refractivity contribution in [3.05, 3.63) is 95.1 Å². The van der Waals surface area contributed by atoms with Crippen LogP contribution >= 0.6 is 0 Å². The number of nitrogens with one attached hydrogen (secondary N) is 1. The molecule has 3 nitrogen and oxygen atoms in total. The molecule has 0 radical (unpaired) electrons. The van der Waals surface area contributed by atoms with E-state index < -0.39 is 0 Å². The van der Waals surface area contributed by atoms with Gasteiger partial charge in [-0.15, -0.1) is 0 Å². The molecule has 1 atom stereocenters. The van der Waals surface area contributed by atoms with Crippen LogP contribution in [0.2, 0.25) is 0 Å². The van der Waals surface area contributed by atoms with Gasteiger partial charge in [0.2, 0.25) is 0 Å². The van der Waals surface area contributed by atoms with Crippen molar-refractivity contribution in [3.63, 3.8) is 0 Å². The summed E-state index contributed by atoms with van der Waals surface area (Å²) in [5.41, 5.74) is 4.91. The number of rotatable bonds is 10. The summed E-state index contributed by atoms with van der Waals surface area (Å²) >= 11 is 0. The summed E-state index contributed by atoms with van der Waals surface area (Å²) in [7, 11) is 1.69. The van der Waals surface area contributed by atoms with Crippen LogP contribution in [-0.2, 0) is 13.2 Å². The fourth-order valence-corrected chi connectivity index (χ4v) is 3.51. The van der Waals surface area contributed by atoms with E-state index in [2.05, 4.69) is 85.9 Å². The molecule has 0 fully saturated rings. The topological polar surface area (TPSA) is 30.5 Å². The molecule has 3 heteroatoms. The van der Waals surface area contributed by atoms with Gasteiger partial charge in [0.25, 0.3) is 0 Å². The Morgan fingerprint density at radius 1 is 0.862 bits per heavy atom. The van der Waals surface area contributed by atoms with E-state index in [0.717, 1.165) is 36.4 Å². The highest BCUT2D eigenvalue weighted by Crippen LogP contribution is 2.29. The zero-order valence-electron chi connectivity index (χ0n) is 17.7. The van der Waals surface area contributed by atoms with Crippen molar-refractivity contribution >= 4 is 0 Å². The second-order valence-electron chi connectivity index (χ2n) is 7.40. The Labute approximate surface area is 174 Å². The van der Waals surface area contributed by atoms with Gasteiger partial charge in [-0.3, -0.25) is 0 Å². The molecule has 1 unspecified atom stereocenters. The Morgan fingerprint density at radius 2 is 1.69 bits per heavy atom. The molecule has 0 saturated carbocycles. The zero-order chi connectivity index (χ0) is 20.5. The normalized spacial score (nSPS) is 11.8. The Morgan fingerprint density at radius 3 is 2.41 bits per heavy atom. The van der Waals surface area contributed by atoms with E-state index >= 15 is 0 Å². The molecule has 1 N–H and O–H groups in total. The molecular weight excluding hydrogens is 358 g/mol. The minimum absolute atomic E-state index is 0.351. The van der Waals surface area contributed by atoms with Crippen molar-refractivity contribution in [1.82, 2.24) is 5.32 Å². The molecule has 0 spiro atoms. The number of ether oxygens (including phenoxy) is 2. The fraction of sp³-hybridized carbons (Fsp3) is 0.308. The van der Waals surface area contributed by atoms with E-state index in [1.54, 1.807) is 7.11 Å². The van der Waals surface area contributed by atoms with E-state index in [4.69, 9.17) is 9.47 Å². The molecular formula is C26H31NO2. The van der Waals surface area contributed by atoms with Crippen LogP contribution in [0, 0.1) is 6.92 Å². The summed E-state index contributed by atoms with van der Waals surface area (Å²) in [5.74, 6) is 1.54. The number of hydrogen-bond donors (Lipinski definition) is 1. The molecule has 152 valence electrons. The second kappa shape index (κ2) is 10.7. The molecule has 0 heterocycles. The van der Waals surface area contributed by atoms with Crippen LogP contribution < -0.4 is 14.8 Å². The molecule has 0 aliphatic carbocycles. The monoisotopic (exact) mass is 389 g/mol. The molecule has 0 saturated heterocycles. The Balaban J connectivity index is 1.64. The van der Waals surface area contributed by atoms with Gasteiger partial charge in [-0.25, -0.2) is 0 Å². The van der Waals surface area contributed by atoms with Crippen LogP contribution in [0.25, 0.3) is 0 Å². The van der Waals surface area contributed by atoms with E-state index in [1.807, 2.05) is 6.07 Å². The third-order valence-corrected chi connectivity index (χ3v) is 5.04. The average Bonchev–Trinajstić information content (AvgIpc) is 2.76. The minimum atomic E-state index is 0.351. The Kier molecular flexibility index (Phi) is 7.71. The number of methoxy groups -OCH3 is 1. The third-order valence-electron chi connectivity index (χ3n) is 5.04. The lowest BCUT2D eigenvalue weighted by Crippen LogP contribution is -2.20. The molecule has 3 rings (SSSR count). The summed E-state index contributed by atoms with van der Waals surface area (Å²) in [6.45, 7) is 5.63. The van der Waals surface area contributed by atoms with Crippen molar-refractivity contribution < 1.29 is 9.47 Å². The van der Waals surface area contributed by atoms with Crippen molar-refractivity contribution in [2.24, 2.45) is 0 Å². The van der Waals surface area contributed by atoms with Gasteiger partial charge in [-0.05, 0) is 42.2 Å². The summed E-state index contributed by atoms with van der Waals surface area (Å²) < 4.78 is 11.6. The van der Waals surface area contributed by atoms with Gasteiger partial charge in [0.05, 0.1) is 7.11 Å². The molecule has 0 amide bonds. The third kappa shape index (κ3) is 6.10. The first-order valence-electron chi connectivity index (χ1n) is 10.3. The molecule has 3 aromatic rings. The zero-order valence-corrected chi connectivity index (χ0v) is 17.7. The molecule has 0 aliphatic heterocycles. The van der Waals surface area contributed by atoms with E-state index in [-0.39, 0.29) is 0 Å². The van der Waals surface area contributed by atoms with Crippen LogP contribution in [0.1, 0.15) is 48.1 Å². The number of hydrogen-bond acceptors (Lipinski definition) is 3. The van der Waals surface area contributed by atoms with Gasteiger partial charge in [-0.1, -0.05) is 79.6 Å². The smallest absolute Gasteiger partial charge is 0.161 e. The summed E-state index contributed by atoms with van der Waals surface area (Å²) in [6.07, 6.45) is 2.25. The predicted molar refractivity (Wildman–Crippen MR) is 119 cm³/mol. The van der Waals surface area contributed by atoms with Crippen molar-refractivity contribution in [1.29, 1.82) is 0 Å². The minimum Gasteiger partial charge on any atom is -0.493 e. The summed E-state index contributed by atoms with van der Waals surface area (Å²) in [6, 6.07) is 25.5. The van der Waals surface area contributed by atoms with Crippen molar-refractivity contribution in [3.8, 4) is 11.5 Å². The molecule has 29 heavy (non-hydrogen) atoms. The van der Waals surface area contributed by atoms with E-state index in [1.165, 1.54) is 16.7 Å². The van der Waals surface area contributed by atoms with Crippen molar-refractivity contribution in [2.45, 2.75) is 45.9 Å². The van der Waals surface area contributed by atoms with Crippen LogP contribution in [0.4, 0.5) is 0 Å². The van der Waals surface area contributed by atoms with Gasteiger partial charge < -0.3 is 14.8 Å². The quantitative estimate of drug-likeness (QED) is 0.447. The van der Waals surface area contributed by atoms with Crippen LogP contribution in [0.15, 0.2) is 72.8 Å². The SMILES string of the molecule is CCCC(NCc1ccc(OCc2cccc(C)c2)c(OC)c1)c1ccccc1. The Hall–Kier alpha value is -2.78. The largest absolute Gasteiger partial charge is 0.493 e. The maximum Gasteiger partial charge on any atom is 0.161 e. The highest BCUT2D eigenvalue weighted by atomic mass is 16.5. The van der Waals surface area contributed by atoms with Crippen LogP contribution in [0.3, 0.4) is 0 Å². The lowest BCUT2D eigenvalue weighted by atomic mass is 10.0. The fourth-order valence-electron chi connectivity index (χ4n) is 3.51. The van der Waals surface area contributed by atoms with Crippen molar-refractivity contribution in [2.75, 3.05) is 7.11 Å². The summed E-state index contributed by atoms with van der Waals surface area (Å²) in [5, 5.41) is 3.69. The van der Waals surface area contributed by atoms with Gasteiger partial charge >= 0.3 is 0 Å². The molecule has 0 aromatic heterocycles. The van der Waals surface area contributed by atoms with E-state index in [9.17, 15) is 0 Å². The highest BCUT2D eigenvalue weighted by Gasteiger charge is 2.11. The molecule has 0 aliphatic rings. The van der Waals surface area contributed by atoms with Crippen LogP contribution in [0.5, 0.6) is 11.5 Å². The van der Waals surface area contributed by atoms with Gasteiger partial charge in [-0.2, -0.15) is 0 Å².